The molecular formula is C14H25N3O. The van der Waals surface area contributed by atoms with E-state index >= 15 is 0 Å². The van der Waals surface area contributed by atoms with Gasteiger partial charge in [-0.25, -0.2) is 4.79 Å². The summed E-state index contributed by atoms with van der Waals surface area (Å²) < 4.78 is 0. The molecule has 0 saturated carbocycles. The van der Waals surface area contributed by atoms with Crippen molar-refractivity contribution in [1.82, 2.24) is 15.5 Å². The topological polar surface area (TPSA) is 44.4 Å². The summed E-state index contributed by atoms with van der Waals surface area (Å²) in [5.74, 6) is 1.42. The summed E-state index contributed by atoms with van der Waals surface area (Å²) >= 11 is 0. The van der Waals surface area contributed by atoms with Crippen molar-refractivity contribution in [3.8, 4) is 0 Å². The Morgan fingerprint density at radius 2 is 2.33 bits per heavy atom. The minimum absolute atomic E-state index is 0.0482. The van der Waals surface area contributed by atoms with Gasteiger partial charge in [-0.15, -0.1) is 6.58 Å². The van der Waals surface area contributed by atoms with Crippen molar-refractivity contribution in [2.24, 2.45) is 11.8 Å². The number of piperidine rings is 3. The van der Waals surface area contributed by atoms with Crippen LogP contribution in [-0.2, 0) is 0 Å². The average molecular weight is 251 g/mol. The van der Waals surface area contributed by atoms with Gasteiger partial charge in [-0.1, -0.05) is 6.08 Å². The molecule has 0 aromatic carbocycles. The second-order valence-corrected chi connectivity index (χ2v) is 5.84. The second kappa shape index (κ2) is 5.74. The first kappa shape index (κ1) is 13.4. The van der Waals surface area contributed by atoms with Crippen LogP contribution in [0.2, 0.25) is 0 Å². The maximum Gasteiger partial charge on any atom is 0.315 e. The lowest BCUT2D eigenvalue weighted by molar-refractivity contribution is 0.0207. The molecule has 2 bridgehead atoms. The van der Waals surface area contributed by atoms with Gasteiger partial charge in [0, 0.05) is 25.2 Å². The van der Waals surface area contributed by atoms with Crippen LogP contribution in [0.3, 0.4) is 0 Å². The number of urea groups is 1. The maximum atomic E-state index is 11.6. The van der Waals surface area contributed by atoms with Crippen LogP contribution in [-0.4, -0.2) is 42.6 Å². The molecule has 102 valence electrons. The van der Waals surface area contributed by atoms with Crippen molar-refractivity contribution in [2.45, 2.75) is 38.8 Å². The smallest absolute Gasteiger partial charge is 0.315 e. The molecule has 1 unspecified atom stereocenters. The fraction of sp³-hybridized carbons (Fsp3) is 0.786. The van der Waals surface area contributed by atoms with Gasteiger partial charge in [0.25, 0.3) is 0 Å². The van der Waals surface area contributed by atoms with Crippen LogP contribution in [0, 0.1) is 11.8 Å². The standard InChI is InChI=1S/C14H25N3O/c1-4-11-9-17-6-5-12(11)7-13(17)8-15-14(18)16-10(2)3/h4,10-13H,1,5-9H2,2-3H3,(H2,15,16,18)/t11-,12-,13+/m0/s1. The first-order chi connectivity index (χ1) is 8.60. The minimum Gasteiger partial charge on any atom is -0.337 e. The van der Waals surface area contributed by atoms with Crippen molar-refractivity contribution in [2.75, 3.05) is 19.6 Å². The van der Waals surface area contributed by atoms with E-state index in [1.807, 2.05) is 13.8 Å². The highest BCUT2D eigenvalue weighted by Crippen LogP contribution is 2.36. The molecule has 0 aliphatic carbocycles. The van der Waals surface area contributed by atoms with Gasteiger partial charge in [0.15, 0.2) is 0 Å². The van der Waals surface area contributed by atoms with Crippen LogP contribution in [0.25, 0.3) is 0 Å². The van der Waals surface area contributed by atoms with Crippen LogP contribution >= 0.6 is 0 Å². The summed E-state index contributed by atoms with van der Waals surface area (Å²) in [5.41, 5.74) is 0. The molecule has 2 amide bonds. The lowest BCUT2D eigenvalue weighted by atomic mass is 9.75. The number of fused-ring (bicyclic) bond motifs is 3. The molecule has 18 heavy (non-hydrogen) atoms. The van der Waals surface area contributed by atoms with Crippen molar-refractivity contribution in [3.05, 3.63) is 12.7 Å². The predicted octanol–water partition coefficient (Wildman–Crippen LogP) is 1.59. The van der Waals surface area contributed by atoms with E-state index < -0.39 is 0 Å². The van der Waals surface area contributed by atoms with Crippen LogP contribution in [0.4, 0.5) is 4.79 Å². The van der Waals surface area contributed by atoms with Gasteiger partial charge in [0.05, 0.1) is 0 Å². The van der Waals surface area contributed by atoms with E-state index in [0.717, 1.165) is 19.0 Å². The summed E-state index contributed by atoms with van der Waals surface area (Å²) in [6, 6.07) is 0.657. The molecule has 3 saturated heterocycles. The summed E-state index contributed by atoms with van der Waals surface area (Å²) in [5, 5.41) is 5.85. The minimum atomic E-state index is -0.0482. The number of amides is 2. The van der Waals surface area contributed by atoms with Crippen molar-refractivity contribution in [1.29, 1.82) is 0 Å². The van der Waals surface area contributed by atoms with Crippen molar-refractivity contribution >= 4 is 6.03 Å². The van der Waals surface area contributed by atoms with E-state index in [2.05, 4.69) is 28.2 Å². The Balaban J connectivity index is 1.78. The van der Waals surface area contributed by atoms with E-state index in [4.69, 9.17) is 0 Å². The zero-order chi connectivity index (χ0) is 13.1. The van der Waals surface area contributed by atoms with Crippen molar-refractivity contribution < 1.29 is 4.79 Å². The zero-order valence-electron chi connectivity index (χ0n) is 11.5. The number of carbonyl (C=O) groups is 1. The van der Waals surface area contributed by atoms with Gasteiger partial charge in [0.1, 0.15) is 0 Å². The Kier molecular flexibility index (Phi) is 4.27. The van der Waals surface area contributed by atoms with Gasteiger partial charge in [0.2, 0.25) is 0 Å². The Bertz CT molecular complexity index is 316. The number of carbonyl (C=O) groups excluding carboxylic acids is 1. The Morgan fingerprint density at radius 3 is 2.89 bits per heavy atom. The molecule has 0 spiro atoms. The highest BCUT2D eigenvalue weighted by atomic mass is 16.2. The second-order valence-electron chi connectivity index (χ2n) is 5.84. The number of hydrogen-bond donors (Lipinski definition) is 2. The molecule has 3 aliphatic heterocycles. The van der Waals surface area contributed by atoms with Crippen LogP contribution in [0.1, 0.15) is 26.7 Å². The van der Waals surface area contributed by atoms with Crippen LogP contribution in [0.5, 0.6) is 0 Å². The molecule has 3 rings (SSSR count). The van der Waals surface area contributed by atoms with Crippen molar-refractivity contribution in [3.63, 3.8) is 0 Å². The quantitative estimate of drug-likeness (QED) is 0.745. The summed E-state index contributed by atoms with van der Waals surface area (Å²) in [6.07, 6.45) is 4.58. The molecule has 0 aromatic heterocycles. The molecule has 4 nitrogen and oxygen atoms in total. The van der Waals surface area contributed by atoms with E-state index in [-0.39, 0.29) is 12.1 Å². The van der Waals surface area contributed by atoms with Gasteiger partial charge in [-0.3, -0.25) is 4.90 Å². The molecule has 3 aliphatic rings. The fourth-order valence-corrected chi connectivity index (χ4v) is 3.18. The average Bonchev–Trinajstić information content (AvgIpc) is 2.36. The van der Waals surface area contributed by atoms with Gasteiger partial charge in [-0.2, -0.15) is 0 Å². The zero-order valence-corrected chi connectivity index (χ0v) is 11.5. The van der Waals surface area contributed by atoms with E-state index in [0.29, 0.717) is 12.0 Å². The molecule has 0 aromatic rings. The fourth-order valence-electron chi connectivity index (χ4n) is 3.18. The SMILES string of the molecule is C=C[C@H]1CN2CC[C@H]1C[C@@H]2CNC(=O)NC(C)C. The predicted molar refractivity (Wildman–Crippen MR) is 73.4 cm³/mol. The molecule has 3 fully saturated rings. The Hall–Kier alpha value is -1.03. The lowest BCUT2D eigenvalue weighted by Gasteiger charge is -2.49. The molecular weight excluding hydrogens is 226 g/mol. The normalized spacial score (nSPS) is 34.4. The molecule has 4 atom stereocenters. The largest absolute Gasteiger partial charge is 0.337 e. The molecule has 0 radical (unpaired) electrons. The van der Waals surface area contributed by atoms with Gasteiger partial charge in [-0.05, 0) is 45.1 Å². The summed E-state index contributed by atoms with van der Waals surface area (Å²) in [6.45, 7) is 10.9. The molecule has 2 N–H and O–H groups in total. The van der Waals surface area contributed by atoms with E-state index in [9.17, 15) is 4.79 Å². The Labute approximate surface area is 110 Å². The first-order valence-electron chi connectivity index (χ1n) is 7.01. The third-order valence-corrected chi connectivity index (χ3v) is 4.15. The highest BCUT2D eigenvalue weighted by Gasteiger charge is 2.38. The van der Waals surface area contributed by atoms with Crippen LogP contribution in [0.15, 0.2) is 12.7 Å². The number of rotatable bonds is 4. The third kappa shape index (κ3) is 3.05. The van der Waals surface area contributed by atoms with E-state index in [1.165, 1.54) is 19.4 Å². The first-order valence-corrected chi connectivity index (χ1v) is 7.01. The summed E-state index contributed by atoms with van der Waals surface area (Å²) in [4.78, 5) is 14.1. The number of hydrogen-bond acceptors (Lipinski definition) is 2. The molecule has 4 heteroatoms. The third-order valence-electron chi connectivity index (χ3n) is 4.15. The number of nitrogens with zero attached hydrogens (tertiary/aromatic N) is 1. The van der Waals surface area contributed by atoms with E-state index in [1.54, 1.807) is 0 Å². The van der Waals surface area contributed by atoms with Crippen LogP contribution < -0.4 is 10.6 Å². The number of nitrogens with one attached hydrogen (secondary N) is 2. The summed E-state index contributed by atoms with van der Waals surface area (Å²) in [7, 11) is 0. The lowest BCUT2D eigenvalue weighted by Crippen LogP contribution is -2.57. The van der Waals surface area contributed by atoms with Gasteiger partial charge >= 0.3 is 6.03 Å². The maximum absolute atomic E-state index is 11.6. The monoisotopic (exact) mass is 251 g/mol. The molecule has 3 heterocycles. The Morgan fingerprint density at radius 1 is 1.56 bits per heavy atom. The van der Waals surface area contributed by atoms with Gasteiger partial charge < -0.3 is 10.6 Å². The highest BCUT2D eigenvalue weighted by molar-refractivity contribution is 5.74.